The average molecular weight is 291 g/mol. The molecule has 3 N–H and O–H groups in total. The van der Waals surface area contributed by atoms with E-state index in [9.17, 15) is 4.79 Å². The molecule has 0 saturated heterocycles. The molecule has 0 aliphatic carbocycles. The number of hydrogen-bond acceptors (Lipinski definition) is 3. The molecule has 0 aromatic heterocycles. The highest BCUT2D eigenvalue weighted by Gasteiger charge is 2.18. The van der Waals surface area contributed by atoms with E-state index in [1.165, 1.54) is 0 Å². The van der Waals surface area contributed by atoms with E-state index in [-0.39, 0.29) is 6.61 Å². The molecule has 0 saturated carbocycles. The van der Waals surface area contributed by atoms with Gasteiger partial charge in [0.1, 0.15) is 6.61 Å². The number of ether oxygens (including phenoxy) is 1. The number of carbonyl (C=O) groups excluding carboxylic acids is 1. The van der Waals surface area contributed by atoms with Crippen LogP contribution >= 0.6 is 23.2 Å². The maximum atomic E-state index is 11.5. The van der Waals surface area contributed by atoms with E-state index in [0.717, 1.165) is 0 Å². The Morgan fingerprint density at radius 3 is 2.67 bits per heavy atom. The molecule has 1 aromatic rings. The van der Waals surface area contributed by atoms with E-state index in [1.807, 2.05) is 13.8 Å². The van der Waals surface area contributed by atoms with Crippen LogP contribution < -0.4 is 11.1 Å². The zero-order valence-electron chi connectivity index (χ0n) is 10.3. The van der Waals surface area contributed by atoms with Gasteiger partial charge in [0.25, 0.3) is 0 Å². The van der Waals surface area contributed by atoms with Crippen molar-refractivity contribution in [2.75, 3.05) is 11.9 Å². The summed E-state index contributed by atoms with van der Waals surface area (Å²) in [7, 11) is 0. The molecule has 0 heterocycles. The van der Waals surface area contributed by atoms with Crippen molar-refractivity contribution in [1.29, 1.82) is 0 Å². The van der Waals surface area contributed by atoms with E-state index < -0.39 is 11.6 Å². The molecule has 100 valence electrons. The molecule has 1 unspecified atom stereocenters. The number of amides is 1. The Balaban J connectivity index is 2.52. The maximum Gasteiger partial charge on any atom is 0.411 e. The Labute approximate surface area is 116 Å². The Bertz CT molecular complexity index is 436. The normalized spacial score (nSPS) is 13.8. The van der Waals surface area contributed by atoms with E-state index in [2.05, 4.69) is 5.32 Å². The zero-order chi connectivity index (χ0) is 13.8. The molecule has 6 heteroatoms. The van der Waals surface area contributed by atoms with Gasteiger partial charge in [-0.15, -0.1) is 0 Å². The third-order valence-electron chi connectivity index (χ3n) is 2.51. The smallest absolute Gasteiger partial charge is 0.411 e. The van der Waals surface area contributed by atoms with Crippen LogP contribution in [0.15, 0.2) is 18.2 Å². The lowest BCUT2D eigenvalue weighted by Crippen LogP contribution is -2.41. The summed E-state index contributed by atoms with van der Waals surface area (Å²) in [4.78, 5) is 11.5. The molecule has 0 radical (unpaired) electrons. The van der Waals surface area contributed by atoms with Crippen LogP contribution in [-0.2, 0) is 4.74 Å². The van der Waals surface area contributed by atoms with Crippen molar-refractivity contribution in [3.05, 3.63) is 28.2 Å². The van der Waals surface area contributed by atoms with Crippen LogP contribution in [0, 0.1) is 0 Å². The first-order valence-electron chi connectivity index (χ1n) is 5.52. The standard InChI is InChI=1S/C12H16Cl2N2O2/c1-3-12(2,15)7-18-11(17)16-8-4-5-9(13)10(14)6-8/h4-6H,3,7,15H2,1-2H3,(H,16,17). The predicted octanol–water partition coefficient (Wildman–Crippen LogP) is 3.67. The summed E-state index contributed by atoms with van der Waals surface area (Å²) in [5.41, 5.74) is 5.86. The van der Waals surface area contributed by atoms with Crippen molar-refractivity contribution in [2.24, 2.45) is 5.73 Å². The van der Waals surface area contributed by atoms with Crippen LogP contribution in [0.5, 0.6) is 0 Å². The number of benzene rings is 1. The summed E-state index contributed by atoms with van der Waals surface area (Å²) < 4.78 is 5.02. The summed E-state index contributed by atoms with van der Waals surface area (Å²) >= 11 is 11.6. The fourth-order valence-electron chi connectivity index (χ4n) is 1.06. The van der Waals surface area contributed by atoms with Gasteiger partial charge in [-0.1, -0.05) is 30.1 Å². The molecule has 0 fully saturated rings. The quantitative estimate of drug-likeness (QED) is 0.889. The van der Waals surface area contributed by atoms with Crippen molar-refractivity contribution in [1.82, 2.24) is 0 Å². The van der Waals surface area contributed by atoms with Gasteiger partial charge < -0.3 is 10.5 Å². The summed E-state index contributed by atoms with van der Waals surface area (Å²) in [6.07, 6.45) is 0.145. The lowest BCUT2D eigenvalue weighted by molar-refractivity contribution is 0.132. The van der Waals surface area contributed by atoms with Gasteiger partial charge in [-0.25, -0.2) is 4.79 Å². The van der Waals surface area contributed by atoms with Gasteiger partial charge in [0.2, 0.25) is 0 Å². The fourth-order valence-corrected chi connectivity index (χ4v) is 1.36. The first-order valence-corrected chi connectivity index (χ1v) is 6.27. The van der Waals surface area contributed by atoms with Crippen molar-refractivity contribution in [2.45, 2.75) is 25.8 Å². The van der Waals surface area contributed by atoms with Crippen molar-refractivity contribution in [3.8, 4) is 0 Å². The van der Waals surface area contributed by atoms with Crippen LogP contribution in [0.2, 0.25) is 10.0 Å². The van der Waals surface area contributed by atoms with E-state index in [4.69, 9.17) is 33.7 Å². The summed E-state index contributed by atoms with van der Waals surface area (Å²) in [6.45, 7) is 3.90. The Morgan fingerprint density at radius 2 is 2.11 bits per heavy atom. The maximum absolute atomic E-state index is 11.5. The number of carbonyl (C=O) groups is 1. The van der Waals surface area contributed by atoms with Gasteiger partial charge in [-0.05, 0) is 31.5 Å². The molecule has 1 amide bonds. The van der Waals surface area contributed by atoms with E-state index in [1.54, 1.807) is 18.2 Å². The molecule has 0 aliphatic heterocycles. The Morgan fingerprint density at radius 1 is 1.44 bits per heavy atom. The van der Waals surface area contributed by atoms with E-state index >= 15 is 0 Å². The van der Waals surface area contributed by atoms with Gasteiger partial charge in [0.05, 0.1) is 10.0 Å². The predicted molar refractivity (Wildman–Crippen MR) is 74.3 cm³/mol. The highest BCUT2D eigenvalue weighted by molar-refractivity contribution is 6.42. The monoisotopic (exact) mass is 290 g/mol. The first kappa shape index (κ1) is 15.1. The third kappa shape index (κ3) is 4.72. The van der Waals surface area contributed by atoms with Crippen LogP contribution in [0.25, 0.3) is 0 Å². The number of nitrogens with two attached hydrogens (primary N) is 1. The molecule has 0 bridgehead atoms. The highest BCUT2D eigenvalue weighted by atomic mass is 35.5. The minimum atomic E-state index is -0.571. The Hall–Kier alpha value is -0.970. The van der Waals surface area contributed by atoms with Crippen molar-refractivity contribution in [3.63, 3.8) is 0 Å². The second kappa shape index (κ2) is 6.27. The van der Waals surface area contributed by atoms with Gasteiger partial charge in [-0.2, -0.15) is 0 Å². The molecule has 0 spiro atoms. The van der Waals surface area contributed by atoms with Crippen LogP contribution in [0.1, 0.15) is 20.3 Å². The summed E-state index contributed by atoms with van der Waals surface area (Å²) in [6, 6.07) is 4.78. The molecule has 0 aliphatic rings. The molecular weight excluding hydrogens is 275 g/mol. The van der Waals surface area contributed by atoms with Gasteiger partial charge >= 0.3 is 6.09 Å². The van der Waals surface area contributed by atoms with Crippen LogP contribution in [-0.4, -0.2) is 18.2 Å². The molecule has 1 atom stereocenters. The van der Waals surface area contributed by atoms with Crippen molar-refractivity contribution >= 4 is 35.0 Å². The number of nitrogens with one attached hydrogen (secondary N) is 1. The average Bonchev–Trinajstić information content (AvgIpc) is 2.32. The van der Waals surface area contributed by atoms with Gasteiger partial charge in [0.15, 0.2) is 0 Å². The lowest BCUT2D eigenvalue weighted by Gasteiger charge is -2.22. The van der Waals surface area contributed by atoms with Crippen LogP contribution in [0.3, 0.4) is 0 Å². The molecule has 1 aromatic carbocycles. The number of hydrogen-bond donors (Lipinski definition) is 2. The zero-order valence-corrected chi connectivity index (χ0v) is 11.8. The van der Waals surface area contributed by atoms with Gasteiger partial charge in [-0.3, -0.25) is 5.32 Å². The molecule has 1 rings (SSSR count). The Kier molecular flexibility index (Phi) is 5.26. The number of rotatable bonds is 4. The first-order chi connectivity index (χ1) is 8.34. The molecular formula is C12H16Cl2N2O2. The minimum Gasteiger partial charge on any atom is -0.447 e. The van der Waals surface area contributed by atoms with Gasteiger partial charge in [0, 0.05) is 11.2 Å². The second-order valence-electron chi connectivity index (χ2n) is 4.34. The largest absolute Gasteiger partial charge is 0.447 e. The summed E-state index contributed by atoms with van der Waals surface area (Å²) in [5.74, 6) is 0. The number of halogens is 2. The fraction of sp³-hybridized carbons (Fsp3) is 0.417. The molecule has 18 heavy (non-hydrogen) atoms. The summed E-state index contributed by atoms with van der Waals surface area (Å²) in [5, 5.41) is 3.34. The topological polar surface area (TPSA) is 64.3 Å². The number of anilines is 1. The SMILES string of the molecule is CCC(C)(N)COC(=O)Nc1ccc(Cl)c(Cl)c1. The lowest BCUT2D eigenvalue weighted by atomic mass is 10.0. The van der Waals surface area contributed by atoms with Crippen LogP contribution in [0.4, 0.5) is 10.5 Å². The minimum absolute atomic E-state index is 0.149. The van der Waals surface area contributed by atoms with Crippen molar-refractivity contribution < 1.29 is 9.53 Å². The second-order valence-corrected chi connectivity index (χ2v) is 5.15. The van der Waals surface area contributed by atoms with E-state index in [0.29, 0.717) is 22.2 Å². The molecule has 4 nitrogen and oxygen atoms in total. The highest BCUT2D eigenvalue weighted by Crippen LogP contribution is 2.25. The third-order valence-corrected chi connectivity index (χ3v) is 3.25.